The first-order chi connectivity index (χ1) is 10.7. The normalized spacial score (nSPS) is 35.9. The number of benzene rings is 1. The van der Waals surface area contributed by atoms with Crippen molar-refractivity contribution in [3.05, 3.63) is 34.8 Å². The molecule has 2 aromatic rings. The number of rotatable bonds is 2. The number of fused-ring (bicyclic) bond motifs is 1. The third-order valence-corrected chi connectivity index (χ3v) is 8.41. The second-order valence-electron chi connectivity index (χ2n) is 7.80. The molecule has 0 atom stereocenters. The van der Waals surface area contributed by atoms with Gasteiger partial charge in [-0.15, -0.1) is 0 Å². The van der Waals surface area contributed by atoms with Gasteiger partial charge in [-0.1, -0.05) is 0 Å². The molecule has 0 spiro atoms. The summed E-state index contributed by atoms with van der Waals surface area (Å²) in [5, 5.41) is 4.76. The van der Waals surface area contributed by atoms with E-state index in [9.17, 15) is 4.79 Å². The van der Waals surface area contributed by atoms with E-state index >= 15 is 0 Å². The van der Waals surface area contributed by atoms with E-state index in [-0.39, 0.29) is 25.9 Å². The van der Waals surface area contributed by atoms with Gasteiger partial charge in [-0.05, 0) is 0 Å². The molecule has 1 heterocycles. The summed E-state index contributed by atoms with van der Waals surface area (Å²) in [7, 11) is 0. The van der Waals surface area contributed by atoms with Crippen LogP contribution in [0.4, 0.5) is 0 Å². The molecule has 1 N–H and O–H groups in total. The molecule has 0 aliphatic heterocycles. The number of hydrogen-bond donors (Lipinski definition) is 1. The molecular formula is C19H21NOSe. The van der Waals surface area contributed by atoms with Crippen molar-refractivity contribution >= 4 is 30.1 Å². The fourth-order valence-corrected chi connectivity index (χ4v) is 7.67. The second kappa shape index (κ2) is 4.72. The van der Waals surface area contributed by atoms with Gasteiger partial charge in [-0.2, -0.15) is 0 Å². The molecule has 4 saturated carbocycles. The van der Waals surface area contributed by atoms with Gasteiger partial charge >= 0.3 is 137 Å². The van der Waals surface area contributed by atoms with Gasteiger partial charge in [0.15, 0.2) is 0 Å². The van der Waals surface area contributed by atoms with Crippen molar-refractivity contribution in [1.29, 1.82) is 0 Å². The molecule has 114 valence electrons. The second-order valence-corrected chi connectivity index (χ2v) is 10.1. The van der Waals surface area contributed by atoms with E-state index in [4.69, 9.17) is 0 Å². The number of amides is 1. The Morgan fingerprint density at radius 3 is 2.32 bits per heavy atom. The number of nitrogens with one attached hydrogen (secondary N) is 1. The molecule has 0 unspecified atom stereocenters. The Kier molecular flexibility index (Phi) is 2.87. The fraction of sp³-hybridized carbons (Fsp3) is 0.526. The number of carbonyl (C=O) groups excluding carboxylic acids is 1. The van der Waals surface area contributed by atoms with Crippen LogP contribution in [-0.2, 0) is 0 Å². The van der Waals surface area contributed by atoms with Gasteiger partial charge < -0.3 is 0 Å². The minimum atomic E-state index is 0.136. The van der Waals surface area contributed by atoms with Crippen LogP contribution >= 0.6 is 0 Å². The summed E-state index contributed by atoms with van der Waals surface area (Å²) < 4.78 is 2.37. The van der Waals surface area contributed by atoms with Crippen LogP contribution in [0.1, 0.15) is 47.8 Å². The van der Waals surface area contributed by atoms with Gasteiger partial charge in [0.1, 0.15) is 0 Å². The van der Waals surface area contributed by atoms with E-state index in [0.29, 0.717) is 0 Å². The summed E-state index contributed by atoms with van der Waals surface area (Å²) >= 11 is 0.184. The summed E-state index contributed by atoms with van der Waals surface area (Å²) in [5.74, 6) is 2.86. The van der Waals surface area contributed by atoms with Crippen molar-refractivity contribution < 1.29 is 4.79 Å². The topological polar surface area (TPSA) is 29.1 Å². The SMILES string of the molecule is O=C(NC12CC3CC(CC(C3)C1)C2)c1cc2ccccc2[se]1. The van der Waals surface area contributed by atoms with Crippen LogP contribution in [0, 0.1) is 17.8 Å². The first-order valence-corrected chi connectivity index (χ1v) is 10.2. The van der Waals surface area contributed by atoms with Gasteiger partial charge in [-0.3, -0.25) is 0 Å². The molecule has 6 rings (SSSR count). The molecule has 2 nitrogen and oxygen atoms in total. The minimum absolute atomic E-state index is 0.136. The molecule has 1 amide bonds. The van der Waals surface area contributed by atoms with E-state index in [1.165, 1.54) is 48.2 Å². The van der Waals surface area contributed by atoms with E-state index < -0.39 is 0 Å². The van der Waals surface area contributed by atoms with E-state index in [1.807, 2.05) is 0 Å². The Morgan fingerprint density at radius 1 is 1.05 bits per heavy atom. The number of carbonyl (C=O) groups is 1. The van der Waals surface area contributed by atoms with Gasteiger partial charge in [0.25, 0.3) is 0 Å². The zero-order valence-corrected chi connectivity index (χ0v) is 14.4. The first-order valence-electron chi connectivity index (χ1n) is 8.50. The van der Waals surface area contributed by atoms with Gasteiger partial charge in [-0.25, -0.2) is 0 Å². The van der Waals surface area contributed by atoms with E-state index in [1.54, 1.807) is 0 Å². The van der Waals surface area contributed by atoms with Crippen molar-refractivity contribution in [1.82, 2.24) is 5.32 Å². The third-order valence-electron chi connectivity index (χ3n) is 6.07. The zero-order valence-electron chi connectivity index (χ0n) is 12.7. The Morgan fingerprint density at radius 2 is 1.68 bits per heavy atom. The van der Waals surface area contributed by atoms with Crippen LogP contribution in [0.25, 0.3) is 9.65 Å². The van der Waals surface area contributed by atoms with Crippen LogP contribution in [0.5, 0.6) is 0 Å². The van der Waals surface area contributed by atoms with Gasteiger partial charge in [0.05, 0.1) is 0 Å². The Bertz CT molecular complexity index is 678. The van der Waals surface area contributed by atoms with E-state index in [2.05, 4.69) is 35.6 Å². The van der Waals surface area contributed by atoms with Crippen molar-refractivity contribution in [2.24, 2.45) is 17.8 Å². The summed E-state index contributed by atoms with van der Waals surface area (Å²) in [5.41, 5.74) is 0.136. The maximum atomic E-state index is 12.8. The van der Waals surface area contributed by atoms with Crippen molar-refractivity contribution in [2.45, 2.75) is 44.1 Å². The summed E-state index contributed by atoms with van der Waals surface area (Å²) in [6.45, 7) is 0. The molecule has 4 fully saturated rings. The average molecular weight is 358 g/mol. The zero-order chi connectivity index (χ0) is 14.7. The summed E-state index contributed by atoms with van der Waals surface area (Å²) in [6, 6.07) is 10.5. The van der Waals surface area contributed by atoms with Crippen molar-refractivity contribution in [3.63, 3.8) is 0 Å². The van der Waals surface area contributed by atoms with Gasteiger partial charge in [0.2, 0.25) is 0 Å². The molecule has 3 heteroatoms. The molecule has 4 aliphatic rings. The summed E-state index contributed by atoms with van der Waals surface area (Å²) in [4.78, 5) is 12.8. The molecule has 22 heavy (non-hydrogen) atoms. The van der Waals surface area contributed by atoms with Crippen LogP contribution in [0.3, 0.4) is 0 Å². The average Bonchev–Trinajstić information content (AvgIpc) is 2.89. The van der Waals surface area contributed by atoms with Gasteiger partial charge in [0, 0.05) is 0 Å². The predicted octanol–water partition coefficient (Wildman–Crippen LogP) is 3.60. The van der Waals surface area contributed by atoms with Crippen LogP contribution in [-0.4, -0.2) is 25.9 Å². The standard InChI is InChI=1S/C19H21NOSe/c21-18(17-8-15-3-1-2-4-16(15)22-17)20-19-9-12-5-13(10-19)7-14(6-12)11-19/h1-4,8,12-14H,5-7,9-11H2,(H,20,21). The van der Waals surface area contributed by atoms with Crippen molar-refractivity contribution in [3.8, 4) is 0 Å². The quantitative estimate of drug-likeness (QED) is 0.817. The third kappa shape index (κ3) is 2.10. The maximum absolute atomic E-state index is 12.8. The van der Waals surface area contributed by atoms with Crippen LogP contribution < -0.4 is 5.32 Å². The van der Waals surface area contributed by atoms with Crippen LogP contribution in [0.2, 0.25) is 0 Å². The Hall–Kier alpha value is -1.05. The fourth-order valence-electron chi connectivity index (χ4n) is 5.66. The molecular weight excluding hydrogens is 337 g/mol. The molecule has 0 saturated heterocycles. The monoisotopic (exact) mass is 359 g/mol. The number of hydrogen-bond acceptors (Lipinski definition) is 1. The first kappa shape index (κ1) is 13.4. The molecule has 4 bridgehead atoms. The Balaban J connectivity index is 1.42. The van der Waals surface area contributed by atoms with Crippen LogP contribution in [0.15, 0.2) is 30.3 Å². The molecule has 1 aromatic carbocycles. The van der Waals surface area contributed by atoms with Crippen molar-refractivity contribution in [2.75, 3.05) is 0 Å². The Labute approximate surface area is 137 Å². The molecule has 4 aliphatic carbocycles. The molecule has 0 radical (unpaired) electrons. The van der Waals surface area contributed by atoms with E-state index in [0.717, 1.165) is 22.2 Å². The summed E-state index contributed by atoms with van der Waals surface area (Å²) in [6.07, 6.45) is 7.97. The molecule has 1 aromatic heterocycles. The predicted molar refractivity (Wildman–Crippen MR) is 89.3 cm³/mol.